The molecule has 2 heterocycles. The molecule has 0 spiro atoms. The smallest absolute Gasteiger partial charge is 0.284 e. The predicted octanol–water partition coefficient (Wildman–Crippen LogP) is 4.42. The van der Waals surface area contributed by atoms with Crippen LogP contribution in [0.1, 0.15) is 54.4 Å². The first kappa shape index (κ1) is 17.9. The fourth-order valence-electron chi connectivity index (χ4n) is 4.37. The van der Waals surface area contributed by atoms with Crippen molar-refractivity contribution in [2.45, 2.75) is 44.6 Å². The molecule has 1 aliphatic carbocycles. The number of hydrogen-bond donors (Lipinski definition) is 1. The molecule has 0 amide bonds. The lowest BCUT2D eigenvalue weighted by atomic mass is 10.1. The van der Waals surface area contributed by atoms with Crippen LogP contribution in [-0.4, -0.2) is 19.7 Å². The van der Waals surface area contributed by atoms with Gasteiger partial charge in [-0.1, -0.05) is 73.5 Å². The molecule has 1 saturated carbocycles. The molecule has 5 nitrogen and oxygen atoms in total. The number of nitrogens with one attached hydrogen (secondary N) is 1. The Morgan fingerprint density at radius 1 is 0.897 bits per heavy atom. The molecule has 5 heteroatoms. The second kappa shape index (κ2) is 7.66. The highest BCUT2D eigenvalue weighted by Crippen LogP contribution is 2.32. The van der Waals surface area contributed by atoms with Gasteiger partial charge in [0.15, 0.2) is 0 Å². The number of aromatic amines is 1. The van der Waals surface area contributed by atoms with Crippen molar-refractivity contribution in [2.75, 3.05) is 0 Å². The fourth-order valence-corrected chi connectivity index (χ4v) is 4.37. The Labute approximate surface area is 169 Å². The zero-order chi connectivity index (χ0) is 19.6. The van der Waals surface area contributed by atoms with E-state index in [0.29, 0.717) is 30.1 Å². The summed E-state index contributed by atoms with van der Waals surface area (Å²) < 4.78 is 2.07. The first-order chi connectivity index (χ1) is 14.3. The largest absolute Gasteiger partial charge is 0.328 e. The number of nitrogens with zero attached hydrogens (tertiary/aromatic N) is 3. The second-order valence-corrected chi connectivity index (χ2v) is 7.87. The van der Waals surface area contributed by atoms with E-state index in [2.05, 4.69) is 38.9 Å². The van der Waals surface area contributed by atoms with Crippen molar-refractivity contribution in [2.24, 2.45) is 0 Å². The summed E-state index contributed by atoms with van der Waals surface area (Å²) in [6.07, 6.45) is 5.90. The third kappa shape index (κ3) is 3.60. The highest BCUT2D eigenvalue weighted by Gasteiger charge is 2.24. The molecule has 0 bridgehead atoms. The van der Waals surface area contributed by atoms with E-state index < -0.39 is 0 Å². The van der Waals surface area contributed by atoms with Gasteiger partial charge in [-0.2, -0.15) is 10.1 Å². The van der Waals surface area contributed by atoms with Crippen molar-refractivity contribution in [3.8, 4) is 0 Å². The van der Waals surface area contributed by atoms with Crippen molar-refractivity contribution in [3.05, 3.63) is 93.7 Å². The van der Waals surface area contributed by atoms with Gasteiger partial charge in [0, 0.05) is 12.8 Å². The maximum atomic E-state index is 13.0. The lowest BCUT2D eigenvalue weighted by Crippen LogP contribution is -2.14. The predicted molar refractivity (Wildman–Crippen MR) is 114 cm³/mol. The monoisotopic (exact) mass is 384 g/mol. The quantitative estimate of drug-likeness (QED) is 0.554. The number of H-pyrrole nitrogens is 1. The molecule has 0 radical (unpaired) electrons. The summed E-state index contributed by atoms with van der Waals surface area (Å²) in [5, 5.41) is 5.56. The zero-order valence-electron chi connectivity index (χ0n) is 16.3. The number of aromatic nitrogens is 4. The van der Waals surface area contributed by atoms with E-state index in [1.165, 1.54) is 12.8 Å². The summed E-state index contributed by atoms with van der Waals surface area (Å²) in [7, 11) is 0. The molecule has 2 aromatic carbocycles. The number of fused-ring (bicyclic) bond motifs is 1. The Kier molecular flexibility index (Phi) is 4.72. The summed E-state index contributed by atoms with van der Waals surface area (Å²) in [5.41, 5.74) is 3.75. The van der Waals surface area contributed by atoms with Crippen LogP contribution in [0.5, 0.6) is 0 Å². The van der Waals surface area contributed by atoms with Crippen molar-refractivity contribution < 1.29 is 0 Å². The summed E-state index contributed by atoms with van der Waals surface area (Å²) in [6, 6.07) is 20.7. The average molecular weight is 384 g/mol. The van der Waals surface area contributed by atoms with Gasteiger partial charge in [-0.25, -0.2) is 4.68 Å². The molecule has 1 aliphatic rings. The topological polar surface area (TPSA) is 63.6 Å². The Bertz CT molecular complexity index is 1170. The molecule has 5 rings (SSSR count). The highest BCUT2D eigenvalue weighted by molar-refractivity contribution is 5.78. The van der Waals surface area contributed by atoms with Crippen LogP contribution in [0, 0.1) is 0 Å². The van der Waals surface area contributed by atoms with Gasteiger partial charge in [0.25, 0.3) is 5.56 Å². The molecule has 29 heavy (non-hydrogen) atoms. The number of rotatable bonds is 5. The van der Waals surface area contributed by atoms with Gasteiger partial charge in [-0.3, -0.25) is 4.79 Å². The zero-order valence-corrected chi connectivity index (χ0v) is 16.3. The molecule has 2 aromatic heterocycles. The molecule has 1 fully saturated rings. The van der Waals surface area contributed by atoms with Crippen molar-refractivity contribution in [1.29, 1.82) is 0 Å². The van der Waals surface area contributed by atoms with E-state index in [1.54, 1.807) is 0 Å². The van der Waals surface area contributed by atoms with Crippen LogP contribution in [0.25, 0.3) is 11.0 Å². The molecule has 1 N–H and O–H groups in total. The maximum Gasteiger partial charge on any atom is 0.284 e. The van der Waals surface area contributed by atoms with Crippen LogP contribution in [-0.2, 0) is 12.8 Å². The van der Waals surface area contributed by atoms with Gasteiger partial charge in [0.1, 0.15) is 16.9 Å². The van der Waals surface area contributed by atoms with E-state index in [1.807, 2.05) is 36.4 Å². The van der Waals surface area contributed by atoms with Gasteiger partial charge in [0.2, 0.25) is 0 Å². The Balaban J connectivity index is 1.61. The fraction of sp³-hybridized carbons (Fsp3) is 0.292. The van der Waals surface area contributed by atoms with Gasteiger partial charge in [-0.05, 0) is 24.0 Å². The molecule has 146 valence electrons. The lowest BCUT2D eigenvalue weighted by Gasteiger charge is -2.11. The molecule has 0 atom stereocenters. The van der Waals surface area contributed by atoms with E-state index in [4.69, 9.17) is 5.10 Å². The van der Waals surface area contributed by atoms with Crippen LogP contribution in [0.3, 0.4) is 0 Å². The Morgan fingerprint density at radius 2 is 1.52 bits per heavy atom. The van der Waals surface area contributed by atoms with E-state index in [9.17, 15) is 4.79 Å². The lowest BCUT2D eigenvalue weighted by molar-refractivity contribution is 0.474. The Morgan fingerprint density at radius 3 is 2.17 bits per heavy atom. The molecule has 0 saturated heterocycles. The van der Waals surface area contributed by atoms with Crippen LogP contribution >= 0.6 is 0 Å². The van der Waals surface area contributed by atoms with E-state index >= 15 is 0 Å². The van der Waals surface area contributed by atoms with Crippen LogP contribution in [0.2, 0.25) is 0 Å². The minimum Gasteiger partial charge on any atom is -0.328 e. The first-order valence-electron chi connectivity index (χ1n) is 10.4. The molecular weight excluding hydrogens is 360 g/mol. The van der Waals surface area contributed by atoms with Gasteiger partial charge >= 0.3 is 0 Å². The molecule has 0 aliphatic heterocycles. The third-order valence-corrected chi connectivity index (χ3v) is 5.80. The maximum absolute atomic E-state index is 13.0. The van der Waals surface area contributed by atoms with Crippen LogP contribution < -0.4 is 5.56 Å². The van der Waals surface area contributed by atoms with Crippen LogP contribution in [0.4, 0.5) is 0 Å². The SMILES string of the molecule is O=c1nc(Cc2ccccc2)[nH]c2c1c(Cc1ccccc1)nn2C1CCCC1. The summed E-state index contributed by atoms with van der Waals surface area (Å²) in [5.74, 6) is 0.694. The number of hydrogen-bond acceptors (Lipinski definition) is 3. The third-order valence-electron chi connectivity index (χ3n) is 5.80. The highest BCUT2D eigenvalue weighted by atomic mass is 16.1. The summed E-state index contributed by atoms with van der Waals surface area (Å²) >= 11 is 0. The average Bonchev–Trinajstić information content (AvgIpc) is 3.38. The Hall–Kier alpha value is -3.21. The summed E-state index contributed by atoms with van der Waals surface area (Å²) in [6.45, 7) is 0. The molecular formula is C24H24N4O. The van der Waals surface area contributed by atoms with E-state index in [-0.39, 0.29) is 5.56 Å². The van der Waals surface area contributed by atoms with Gasteiger partial charge < -0.3 is 4.98 Å². The van der Waals surface area contributed by atoms with Crippen molar-refractivity contribution in [3.63, 3.8) is 0 Å². The number of benzene rings is 2. The first-order valence-corrected chi connectivity index (χ1v) is 10.4. The molecule has 4 aromatic rings. The van der Waals surface area contributed by atoms with Crippen molar-refractivity contribution >= 4 is 11.0 Å². The van der Waals surface area contributed by atoms with E-state index in [0.717, 1.165) is 35.3 Å². The van der Waals surface area contributed by atoms with Gasteiger partial charge in [-0.15, -0.1) is 0 Å². The minimum atomic E-state index is -0.181. The van der Waals surface area contributed by atoms with Crippen LogP contribution in [0.15, 0.2) is 65.5 Å². The second-order valence-electron chi connectivity index (χ2n) is 7.87. The van der Waals surface area contributed by atoms with Gasteiger partial charge in [0.05, 0.1) is 11.7 Å². The summed E-state index contributed by atoms with van der Waals surface area (Å²) in [4.78, 5) is 20.9. The standard InChI is InChI=1S/C24H24N4O/c29-24-22-20(15-17-9-3-1-4-10-17)27-28(19-13-7-8-14-19)23(22)25-21(26-24)16-18-11-5-2-6-12-18/h1-6,9-12,19H,7-8,13-16H2,(H,25,26,29). The minimum absolute atomic E-state index is 0.181. The van der Waals surface area contributed by atoms with Crippen molar-refractivity contribution in [1.82, 2.24) is 19.7 Å². The normalized spacial score (nSPS) is 14.6. The molecule has 0 unspecified atom stereocenters.